The molecule has 0 radical (unpaired) electrons. The van der Waals surface area contributed by atoms with Crippen LogP contribution in [-0.2, 0) is 6.42 Å². The van der Waals surface area contributed by atoms with Crippen molar-refractivity contribution in [3.8, 4) is 11.4 Å². The van der Waals surface area contributed by atoms with Crippen LogP contribution in [0.2, 0.25) is 5.02 Å². The molecule has 0 aliphatic rings. The Balaban J connectivity index is 1.73. The highest BCUT2D eigenvalue weighted by atomic mass is 79.9. The third-order valence-electron chi connectivity index (χ3n) is 4.80. The van der Waals surface area contributed by atoms with E-state index in [1.807, 2.05) is 42.5 Å². The quantitative estimate of drug-likeness (QED) is 0.315. The summed E-state index contributed by atoms with van der Waals surface area (Å²) >= 11 is 9.70. The van der Waals surface area contributed by atoms with Crippen molar-refractivity contribution >= 4 is 49.9 Å². The number of nitrogens with one attached hydrogen (secondary N) is 1. The lowest BCUT2D eigenvalue weighted by atomic mass is 10.1. The van der Waals surface area contributed by atoms with Gasteiger partial charge in [-0.1, -0.05) is 65.1 Å². The Hall–Kier alpha value is -2.43. The van der Waals surface area contributed by atoms with E-state index in [4.69, 9.17) is 21.6 Å². The van der Waals surface area contributed by atoms with Crippen LogP contribution >= 0.6 is 27.5 Å². The van der Waals surface area contributed by atoms with Crippen LogP contribution in [0.3, 0.4) is 0 Å². The summed E-state index contributed by atoms with van der Waals surface area (Å²) in [5, 5.41) is 5.06. The summed E-state index contributed by atoms with van der Waals surface area (Å²) in [7, 11) is 0. The summed E-state index contributed by atoms with van der Waals surface area (Å²) in [4.78, 5) is 9.55. The first kappa shape index (κ1) is 19.9. The maximum Gasteiger partial charge on any atom is 0.162 e. The molecule has 4 aromatic rings. The van der Waals surface area contributed by atoms with E-state index in [1.165, 1.54) is 18.4 Å². The van der Waals surface area contributed by atoms with Crippen LogP contribution in [0.1, 0.15) is 25.3 Å². The number of rotatable bonds is 6. The average Bonchev–Trinajstić information content (AvgIpc) is 2.73. The van der Waals surface area contributed by atoms with Crippen LogP contribution in [0.5, 0.6) is 0 Å². The van der Waals surface area contributed by atoms with Gasteiger partial charge in [-0.2, -0.15) is 0 Å². The van der Waals surface area contributed by atoms with E-state index in [2.05, 4.69) is 52.4 Å². The molecule has 4 rings (SSSR count). The van der Waals surface area contributed by atoms with E-state index >= 15 is 0 Å². The van der Waals surface area contributed by atoms with Gasteiger partial charge in [0.15, 0.2) is 5.82 Å². The van der Waals surface area contributed by atoms with Crippen molar-refractivity contribution in [1.29, 1.82) is 0 Å². The van der Waals surface area contributed by atoms with Gasteiger partial charge in [-0.15, -0.1) is 0 Å². The number of benzene rings is 3. The Morgan fingerprint density at radius 3 is 2.41 bits per heavy atom. The van der Waals surface area contributed by atoms with Gasteiger partial charge in [0.2, 0.25) is 0 Å². The number of unbranched alkanes of at least 4 members (excludes halogenated alkanes) is 1. The Morgan fingerprint density at radius 2 is 1.69 bits per heavy atom. The molecule has 3 nitrogen and oxygen atoms in total. The first-order valence-corrected chi connectivity index (χ1v) is 10.9. The van der Waals surface area contributed by atoms with E-state index in [0.717, 1.165) is 38.9 Å². The van der Waals surface area contributed by atoms with Crippen molar-refractivity contribution in [1.82, 2.24) is 9.97 Å². The van der Waals surface area contributed by atoms with Crippen molar-refractivity contribution in [2.24, 2.45) is 0 Å². The van der Waals surface area contributed by atoms with Crippen molar-refractivity contribution in [3.63, 3.8) is 0 Å². The molecule has 1 heterocycles. The van der Waals surface area contributed by atoms with E-state index in [-0.39, 0.29) is 0 Å². The SMILES string of the molecule is CCCCc1ccc(Nc2nc(-c3ccc(Br)cc3)nc3cc(Cl)ccc23)cc1. The van der Waals surface area contributed by atoms with Gasteiger partial charge in [0.25, 0.3) is 0 Å². The molecule has 0 amide bonds. The predicted octanol–water partition coefficient (Wildman–Crippen LogP) is 7.80. The zero-order valence-corrected chi connectivity index (χ0v) is 18.5. The third kappa shape index (κ3) is 4.77. The number of nitrogens with zero attached hydrogens (tertiary/aromatic N) is 2. The zero-order valence-electron chi connectivity index (χ0n) is 16.1. The summed E-state index contributed by atoms with van der Waals surface area (Å²) in [6, 6.07) is 22.2. The molecular weight excluding hydrogens is 446 g/mol. The highest BCUT2D eigenvalue weighted by Gasteiger charge is 2.11. The van der Waals surface area contributed by atoms with Gasteiger partial charge in [-0.25, -0.2) is 9.97 Å². The predicted molar refractivity (Wildman–Crippen MR) is 126 cm³/mol. The number of anilines is 2. The van der Waals surface area contributed by atoms with Crippen LogP contribution in [0.4, 0.5) is 11.5 Å². The summed E-state index contributed by atoms with van der Waals surface area (Å²) < 4.78 is 1.02. The minimum absolute atomic E-state index is 0.657. The van der Waals surface area contributed by atoms with Gasteiger partial charge in [0.1, 0.15) is 5.82 Å². The van der Waals surface area contributed by atoms with Crippen LogP contribution in [0, 0.1) is 0 Å². The highest BCUT2D eigenvalue weighted by Crippen LogP contribution is 2.29. The molecule has 0 aliphatic heterocycles. The first-order valence-electron chi connectivity index (χ1n) is 9.71. The number of halogens is 2. The lowest BCUT2D eigenvalue weighted by molar-refractivity contribution is 0.795. The molecule has 0 saturated carbocycles. The Bertz CT molecular complexity index is 1130. The molecule has 0 bridgehead atoms. The zero-order chi connectivity index (χ0) is 20.2. The molecule has 3 aromatic carbocycles. The summed E-state index contributed by atoms with van der Waals surface area (Å²) in [5.74, 6) is 1.43. The molecule has 0 unspecified atom stereocenters. The van der Waals surface area contributed by atoms with E-state index < -0.39 is 0 Å². The van der Waals surface area contributed by atoms with Gasteiger partial charge in [0, 0.05) is 26.1 Å². The van der Waals surface area contributed by atoms with E-state index in [0.29, 0.717) is 10.8 Å². The summed E-state index contributed by atoms with van der Waals surface area (Å²) in [6.45, 7) is 2.21. The minimum atomic E-state index is 0.657. The molecule has 1 N–H and O–H groups in total. The van der Waals surface area contributed by atoms with E-state index in [9.17, 15) is 0 Å². The second-order valence-electron chi connectivity index (χ2n) is 6.99. The van der Waals surface area contributed by atoms with Crippen molar-refractivity contribution in [2.45, 2.75) is 26.2 Å². The number of fused-ring (bicyclic) bond motifs is 1. The molecule has 29 heavy (non-hydrogen) atoms. The molecule has 0 fully saturated rings. The van der Waals surface area contributed by atoms with Crippen molar-refractivity contribution < 1.29 is 0 Å². The fourth-order valence-electron chi connectivity index (χ4n) is 3.20. The van der Waals surface area contributed by atoms with Crippen molar-refractivity contribution in [2.75, 3.05) is 5.32 Å². The van der Waals surface area contributed by atoms with Crippen LogP contribution < -0.4 is 5.32 Å². The fraction of sp³-hybridized carbons (Fsp3) is 0.167. The smallest absolute Gasteiger partial charge is 0.162 e. The number of hydrogen-bond donors (Lipinski definition) is 1. The van der Waals surface area contributed by atoms with E-state index in [1.54, 1.807) is 0 Å². The second kappa shape index (κ2) is 8.93. The topological polar surface area (TPSA) is 37.8 Å². The van der Waals surface area contributed by atoms with Gasteiger partial charge >= 0.3 is 0 Å². The summed E-state index contributed by atoms with van der Waals surface area (Å²) in [5.41, 5.74) is 4.12. The van der Waals surface area contributed by atoms with Crippen molar-refractivity contribution in [3.05, 3.63) is 81.8 Å². The molecular formula is C24H21BrClN3. The Morgan fingerprint density at radius 1 is 0.931 bits per heavy atom. The highest BCUT2D eigenvalue weighted by molar-refractivity contribution is 9.10. The summed E-state index contributed by atoms with van der Waals surface area (Å²) in [6.07, 6.45) is 3.52. The standard InChI is InChI=1S/C24H21BrClN3/c1-2-3-4-16-5-12-20(13-6-16)27-24-21-14-11-19(26)15-22(21)28-23(29-24)17-7-9-18(25)10-8-17/h5-15H,2-4H2,1H3,(H,27,28,29). The molecule has 0 saturated heterocycles. The van der Waals surface area contributed by atoms with Gasteiger partial charge < -0.3 is 5.32 Å². The monoisotopic (exact) mass is 465 g/mol. The molecule has 1 aromatic heterocycles. The molecule has 5 heteroatoms. The number of hydrogen-bond acceptors (Lipinski definition) is 3. The van der Waals surface area contributed by atoms with Crippen LogP contribution in [0.15, 0.2) is 71.2 Å². The number of aromatic nitrogens is 2. The van der Waals surface area contributed by atoms with Crippen LogP contribution in [-0.4, -0.2) is 9.97 Å². The largest absolute Gasteiger partial charge is 0.340 e. The van der Waals surface area contributed by atoms with Gasteiger partial charge in [0.05, 0.1) is 5.52 Å². The molecule has 146 valence electrons. The normalized spacial score (nSPS) is 11.0. The second-order valence-corrected chi connectivity index (χ2v) is 8.34. The minimum Gasteiger partial charge on any atom is -0.340 e. The number of aryl methyl sites for hydroxylation is 1. The lowest BCUT2D eigenvalue weighted by Gasteiger charge is -2.12. The Kier molecular flexibility index (Phi) is 6.12. The Labute approximate surface area is 184 Å². The van der Waals surface area contributed by atoms with Crippen LogP contribution in [0.25, 0.3) is 22.3 Å². The van der Waals surface area contributed by atoms with Gasteiger partial charge in [-0.05, 0) is 60.9 Å². The molecule has 0 aliphatic carbocycles. The maximum absolute atomic E-state index is 6.22. The lowest BCUT2D eigenvalue weighted by Crippen LogP contribution is -1.99. The molecule has 0 atom stereocenters. The average molecular weight is 467 g/mol. The third-order valence-corrected chi connectivity index (χ3v) is 5.56. The fourth-order valence-corrected chi connectivity index (χ4v) is 3.63. The van der Waals surface area contributed by atoms with Gasteiger partial charge in [-0.3, -0.25) is 0 Å². The first-order chi connectivity index (χ1) is 14.1. The maximum atomic E-state index is 6.22. The molecule has 0 spiro atoms.